The molecule has 1 aliphatic rings. The lowest BCUT2D eigenvalue weighted by molar-refractivity contribution is -0.131. The molecule has 1 aromatic rings. The quantitative estimate of drug-likeness (QED) is 0.747. The van der Waals surface area contributed by atoms with Gasteiger partial charge in [0.15, 0.2) is 0 Å². The molecule has 0 spiro atoms. The van der Waals surface area contributed by atoms with Gasteiger partial charge >= 0.3 is 6.03 Å². The number of hydrogen-bond acceptors (Lipinski definition) is 4. The maximum atomic E-state index is 12.2. The number of nitrogens with one attached hydrogen (secondary N) is 2. The molecule has 0 bridgehead atoms. The molecule has 24 heavy (non-hydrogen) atoms. The largest absolute Gasteiger partial charge is 0.494 e. The number of imide groups is 1. The average Bonchev–Trinajstić information content (AvgIpc) is 2.76. The predicted molar refractivity (Wildman–Crippen MR) is 89.7 cm³/mol. The van der Waals surface area contributed by atoms with Crippen LogP contribution in [-0.4, -0.2) is 41.9 Å². The minimum atomic E-state index is -0.546. The van der Waals surface area contributed by atoms with Crippen molar-refractivity contribution in [2.45, 2.75) is 33.2 Å². The molecule has 0 aromatic heterocycles. The lowest BCUT2D eigenvalue weighted by Gasteiger charge is -2.14. The maximum absolute atomic E-state index is 12.2. The minimum Gasteiger partial charge on any atom is -0.494 e. The highest BCUT2D eigenvalue weighted by Gasteiger charge is 2.38. The van der Waals surface area contributed by atoms with Crippen molar-refractivity contribution in [3.05, 3.63) is 24.3 Å². The second kappa shape index (κ2) is 7.81. The predicted octanol–water partition coefficient (Wildman–Crippen LogP) is 1.99. The van der Waals surface area contributed by atoms with Gasteiger partial charge in [0.25, 0.3) is 5.91 Å². The van der Waals surface area contributed by atoms with Gasteiger partial charge in [0.1, 0.15) is 18.3 Å². The fourth-order valence-electron chi connectivity index (χ4n) is 2.50. The van der Waals surface area contributed by atoms with Gasteiger partial charge in [-0.3, -0.25) is 14.5 Å². The summed E-state index contributed by atoms with van der Waals surface area (Å²) in [5.41, 5.74) is 0.578. The Hall–Kier alpha value is -2.57. The summed E-state index contributed by atoms with van der Waals surface area (Å²) in [6.45, 7) is 6.10. The number of carbonyl (C=O) groups excluding carboxylic acids is 3. The summed E-state index contributed by atoms with van der Waals surface area (Å²) >= 11 is 0. The first-order chi connectivity index (χ1) is 11.4. The van der Waals surface area contributed by atoms with Gasteiger partial charge in [0, 0.05) is 5.69 Å². The number of urea groups is 1. The lowest BCUT2D eigenvalue weighted by atomic mass is 10.0. The number of ether oxygens (including phenoxy) is 1. The van der Waals surface area contributed by atoms with E-state index in [9.17, 15) is 14.4 Å². The molecule has 0 saturated carbocycles. The van der Waals surface area contributed by atoms with Crippen LogP contribution in [0.15, 0.2) is 24.3 Å². The van der Waals surface area contributed by atoms with Crippen molar-refractivity contribution in [3.63, 3.8) is 0 Å². The Morgan fingerprint density at radius 3 is 2.54 bits per heavy atom. The van der Waals surface area contributed by atoms with E-state index in [-0.39, 0.29) is 18.4 Å². The van der Waals surface area contributed by atoms with Gasteiger partial charge in [-0.1, -0.05) is 13.8 Å². The van der Waals surface area contributed by atoms with Crippen molar-refractivity contribution in [2.24, 2.45) is 5.92 Å². The van der Waals surface area contributed by atoms with E-state index in [1.165, 1.54) is 0 Å². The number of carbonyl (C=O) groups is 3. The van der Waals surface area contributed by atoms with Crippen LogP contribution in [0.4, 0.5) is 10.5 Å². The van der Waals surface area contributed by atoms with Crippen molar-refractivity contribution < 1.29 is 19.1 Å². The SMILES string of the molecule is CCOc1ccc(NC(=O)CN2C(=O)NC(CC(C)C)C2=O)cc1. The van der Waals surface area contributed by atoms with Crippen LogP contribution in [0.3, 0.4) is 0 Å². The molecule has 1 aliphatic heterocycles. The Labute approximate surface area is 141 Å². The fraction of sp³-hybridized carbons (Fsp3) is 0.471. The molecular weight excluding hydrogens is 310 g/mol. The zero-order chi connectivity index (χ0) is 17.7. The van der Waals surface area contributed by atoms with Gasteiger partial charge in [-0.15, -0.1) is 0 Å². The summed E-state index contributed by atoms with van der Waals surface area (Å²) in [6, 6.07) is 5.83. The van der Waals surface area contributed by atoms with E-state index in [2.05, 4.69) is 10.6 Å². The van der Waals surface area contributed by atoms with E-state index >= 15 is 0 Å². The molecule has 1 fully saturated rings. The van der Waals surface area contributed by atoms with Crippen LogP contribution in [0.2, 0.25) is 0 Å². The van der Waals surface area contributed by atoms with Crippen molar-refractivity contribution in [2.75, 3.05) is 18.5 Å². The molecule has 1 atom stereocenters. The average molecular weight is 333 g/mol. The van der Waals surface area contributed by atoms with E-state index in [0.29, 0.717) is 24.5 Å². The highest BCUT2D eigenvalue weighted by molar-refractivity contribution is 6.07. The van der Waals surface area contributed by atoms with Gasteiger partial charge in [0.2, 0.25) is 5.91 Å². The molecule has 1 aromatic carbocycles. The summed E-state index contributed by atoms with van der Waals surface area (Å²) in [5.74, 6) is 0.210. The molecule has 1 saturated heterocycles. The zero-order valence-electron chi connectivity index (χ0n) is 14.2. The Morgan fingerprint density at radius 2 is 1.96 bits per heavy atom. The third kappa shape index (κ3) is 4.47. The molecule has 2 N–H and O–H groups in total. The number of hydrogen-bond donors (Lipinski definition) is 2. The molecule has 1 unspecified atom stereocenters. The van der Waals surface area contributed by atoms with Crippen LogP contribution < -0.4 is 15.4 Å². The Balaban J connectivity index is 1.92. The molecule has 4 amide bonds. The maximum Gasteiger partial charge on any atom is 0.325 e. The van der Waals surface area contributed by atoms with E-state index < -0.39 is 18.0 Å². The normalized spacial score (nSPS) is 17.2. The van der Waals surface area contributed by atoms with E-state index in [0.717, 1.165) is 4.90 Å². The van der Waals surface area contributed by atoms with Crippen LogP contribution >= 0.6 is 0 Å². The summed E-state index contributed by atoms with van der Waals surface area (Å²) in [6.07, 6.45) is 0.557. The zero-order valence-corrected chi connectivity index (χ0v) is 14.2. The van der Waals surface area contributed by atoms with Crippen LogP contribution in [0.1, 0.15) is 27.2 Å². The summed E-state index contributed by atoms with van der Waals surface area (Å²) in [7, 11) is 0. The highest BCUT2D eigenvalue weighted by atomic mass is 16.5. The van der Waals surface area contributed by atoms with Crippen LogP contribution in [0, 0.1) is 5.92 Å². The molecule has 1 heterocycles. The molecule has 2 rings (SSSR count). The molecule has 7 heteroatoms. The van der Waals surface area contributed by atoms with Crippen molar-refractivity contribution in [3.8, 4) is 5.75 Å². The van der Waals surface area contributed by atoms with Crippen LogP contribution in [-0.2, 0) is 9.59 Å². The topological polar surface area (TPSA) is 87.7 Å². The summed E-state index contributed by atoms with van der Waals surface area (Å²) < 4.78 is 5.33. The number of rotatable bonds is 7. The molecule has 0 radical (unpaired) electrons. The number of benzene rings is 1. The van der Waals surface area contributed by atoms with Gasteiger partial charge in [0.05, 0.1) is 6.61 Å². The van der Waals surface area contributed by atoms with Gasteiger partial charge in [-0.2, -0.15) is 0 Å². The van der Waals surface area contributed by atoms with Gasteiger partial charge in [-0.05, 0) is 43.5 Å². The second-order valence-corrected chi connectivity index (χ2v) is 6.06. The van der Waals surface area contributed by atoms with E-state index in [4.69, 9.17) is 4.74 Å². The van der Waals surface area contributed by atoms with Crippen molar-refractivity contribution in [1.82, 2.24) is 10.2 Å². The summed E-state index contributed by atoms with van der Waals surface area (Å²) in [4.78, 5) is 37.1. The Bertz CT molecular complexity index is 613. The first kappa shape index (κ1) is 17.8. The van der Waals surface area contributed by atoms with Crippen LogP contribution in [0.5, 0.6) is 5.75 Å². The van der Waals surface area contributed by atoms with E-state index in [1.54, 1.807) is 24.3 Å². The first-order valence-electron chi connectivity index (χ1n) is 8.05. The second-order valence-electron chi connectivity index (χ2n) is 6.06. The van der Waals surface area contributed by atoms with Crippen molar-refractivity contribution in [1.29, 1.82) is 0 Å². The van der Waals surface area contributed by atoms with Crippen LogP contribution in [0.25, 0.3) is 0 Å². The van der Waals surface area contributed by atoms with Gasteiger partial charge in [-0.25, -0.2) is 4.79 Å². The number of nitrogens with zero attached hydrogens (tertiary/aromatic N) is 1. The smallest absolute Gasteiger partial charge is 0.325 e. The third-order valence-electron chi connectivity index (χ3n) is 3.56. The fourth-order valence-corrected chi connectivity index (χ4v) is 2.50. The monoisotopic (exact) mass is 333 g/mol. The Morgan fingerprint density at radius 1 is 1.29 bits per heavy atom. The Kier molecular flexibility index (Phi) is 5.78. The highest BCUT2D eigenvalue weighted by Crippen LogP contribution is 2.17. The van der Waals surface area contributed by atoms with Crippen molar-refractivity contribution >= 4 is 23.5 Å². The molecule has 0 aliphatic carbocycles. The minimum absolute atomic E-state index is 0.275. The molecular formula is C17H23N3O4. The number of anilines is 1. The third-order valence-corrected chi connectivity index (χ3v) is 3.56. The van der Waals surface area contributed by atoms with E-state index in [1.807, 2.05) is 20.8 Å². The number of amides is 4. The molecule has 7 nitrogen and oxygen atoms in total. The lowest BCUT2D eigenvalue weighted by Crippen LogP contribution is -2.38. The molecule has 130 valence electrons. The standard InChI is InChI=1S/C17H23N3O4/c1-4-24-13-7-5-12(6-8-13)18-15(21)10-20-16(22)14(9-11(2)3)19-17(20)23/h5-8,11,14H,4,9-10H2,1-3H3,(H,18,21)(H,19,23). The first-order valence-corrected chi connectivity index (χ1v) is 8.05. The van der Waals surface area contributed by atoms with Gasteiger partial charge < -0.3 is 15.4 Å². The summed E-state index contributed by atoms with van der Waals surface area (Å²) in [5, 5.41) is 5.28.